The Morgan fingerprint density at radius 1 is 0.909 bits per heavy atom. The Balaban J connectivity index is 1.53. The molecule has 3 aromatic rings. The summed E-state index contributed by atoms with van der Waals surface area (Å²) < 4.78 is 59.0. The summed E-state index contributed by atoms with van der Waals surface area (Å²) in [7, 11) is 0. The fourth-order valence-electron chi connectivity index (χ4n) is 3.65. The summed E-state index contributed by atoms with van der Waals surface area (Å²) in [6.07, 6.45) is 3.45. The summed E-state index contributed by atoms with van der Waals surface area (Å²) >= 11 is 0. The van der Waals surface area contributed by atoms with Gasteiger partial charge in [-0.15, -0.1) is 0 Å². The zero-order chi connectivity index (χ0) is 23.4. The highest BCUT2D eigenvalue weighted by Gasteiger charge is 2.24. The Hall–Kier alpha value is -3.13. The lowest BCUT2D eigenvalue weighted by Gasteiger charge is -2.26. The molecular weight excluding hydrogens is 433 g/mol. The van der Waals surface area contributed by atoms with Crippen LogP contribution in [0.2, 0.25) is 0 Å². The second kappa shape index (κ2) is 10.2. The minimum atomic E-state index is -1.28. The van der Waals surface area contributed by atoms with Crippen molar-refractivity contribution >= 4 is 0 Å². The van der Waals surface area contributed by atoms with Crippen LogP contribution in [0.3, 0.4) is 0 Å². The first kappa shape index (κ1) is 23.0. The van der Waals surface area contributed by atoms with E-state index in [1.807, 2.05) is 6.92 Å². The smallest absolute Gasteiger partial charge is 0.269 e. The molecule has 4 nitrogen and oxygen atoms in total. The summed E-state index contributed by atoms with van der Waals surface area (Å²) in [5.41, 5.74) is 2.40. The van der Waals surface area contributed by atoms with E-state index in [9.17, 15) is 18.3 Å². The molecule has 33 heavy (non-hydrogen) atoms. The molecule has 3 aromatic carbocycles. The van der Waals surface area contributed by atoms with Crippen molar-refractivity contribution in [3.8, 4) is 28.0 Å². The van der Waals surface area contributed by atoms with Gasteiger partial charge >= 0.3 is 0 Å². The SMILES string of the molecule is C/C=C/COc1ccc(-c2ccc(-c3ccc(C4COC(O)OC4)c(F)c3)cc2)c(F)c1F. The zero-order valence-electron chi connectivity index (χ0n) is 17.9. The highest BCUT2D eigenvalue weighted by molar-refractivity contribution is 5.71. The van der Waals surface area contributed by atoms with Crippen LogP contribution in [0.15, 0.2) is 66.7 Å². The van der Waals surface area contributed by atoms with Gasteiger partial charge in [0.15, 0.2) is 11.6 Å². The molecule has 1 aliphatic heterocycles. The second-order valence-electron chi connectivity index (χ2n) is 7.60. The number of aliphatic hydroxyl groups excluding tert-OH is 1. The first-order valence-corrected chi connectivity index (χ1v) is 10.5. The minimum Gasteiger partial charge on any atom is -0.486 e. The van der Waals surface area contributed by atoms with Crippen LogP contribution in [0.5, 0.6) is 5.75 Å². The largest absolute Gasteiger partial charge is 0.486 e. The fourth-order valence-corrected chi connectivity index (χ4v) is 3.65. The molecule has 7 heteroatoms. The number of hydrogen-bond donors (Lipinski definition) is 1. The van der Waals surface area contributed by atoms with Crippen LogP contribution in [0.4, 0.5) is 13.2 Å². The van der Waals surface area contributed by atoms with E-state index in [0.29, 0.717) is 16.7 Å². The van der Waals surface area contributed by atoms with Crippen LogP contribution in [0.1, 0.15) is 18.4 Å². The molecule has 0 saturated carbocycles. The molecule has 1 N–H and O–H groups in total. The monoisotopic (exact) mass is 456 g/mol. The van der Waals surface area contributed by atoms with Gasteiger partial charge in [-0.2, -0.15) is 4.39 Å². The maximum atomic E-state index is 14.7. The quantitative estimate of drug-likeness (QED) is 0.477. The molecule has 0 atom stereocenters. The number of allylic oxidation sites excluding steroid dienone is 1. The third-order valence-corrected chi connectivity index (χ3v) is 5.47. The highest BCUT2D eigenvalue weighted by Crippen LogP contribution is 2.32. The van der Waals surface area contributed by atoms with Crippen LogP contribution in [0.25, 0.3) is 22.3 Å². The molecule has 0 unspecified atom stereocenters. The zero-order valence-corrected chi connectivity index (χ0v) is 17.9. The average Bonchev–Trinajstić information content (AvgIpc) is 2.83. The number of halogens is 3. The third-order valence-electron chi connectivity index (χ3n) is 5.47. The Labute approximate surface area is 189 Å². The summed E-state index contributed by atoms with van der Waals surface area (Å²) in [5.74, 6) is -2.90. The molecule has 0 amide bonds. The molecule has 172 valence electrons. The van der Waals surface area contributed by atoms with E-state index in [1.54, 1.807) is 48.6 Å². The lowest BCUT2D eigenvalue weighted by Crippen LogP contribution is -2.30. The summed E-state index contributed by atoms with van der Waals surface area (Å²) in [5, 5.41) is 9.24. The van der Waals surface area contributed by atoms with Gasteiger partial charge in [-0.25, -0.2) is 8.78 Å². The van der Waals surface area contributed by atoms with Crippen LogP contribution < -0.4 is 4.74 Å². The van der Waals surface area contributed by atoms with Gasteiger partial charge in [-0.3, -0.25) is 0 Å². The predicted molar refractivity (Wildman–Crippen MR) is 118 cm³/mol. The number of ether oxygens (including phenoxy) is 3. The maximum absolute atomic E-state index is 14.7. The molecule has 0 aliphatic carbocycles. The van der Waals surface area contributed by atoms with Gasteiger partial charge in [0, 0.05) is 11.5 Å². The fraction of sp³-hybridized carbons (Fsp3) is 0.231. The number of rotatable bonds is 6. The Morgan fingerprint density at radius 3 is 2.24 bits per heavy atom. The van der Waals surface area contributed by atoms with Crippen molar-refractivity contribution in [3.63, 3.8) is 0 Å². The maximum Gasteiger partial charge on any atom is 0.269 e. The van der Waals surface area contributed by atoms with Gasteiger partial charge in [0.2, 0.25) is 5.82 Å². The van der Waals surface area contributed by atoms with E-state index < -0.39 is 23.9 Å². The molecule has 4 rings (SSSR count). The molecule has 0 aromatic heterocycles. The Morgan fingerprint density at radius 2 is 1.58 bits per heavy atom. The molecule has 0 radical (unpaired) electrons. The molecule has 0 spiro atoms. The molecule has 1 fully saturated rings. The summed E-state index contributed by atoms with van der Waals surface area (Å²) in [4.78, 5) is 0. The van der Waals surface area contributed by atoms with Crippen molar-refractivity contribution in [2.24, 2.45) is 0 Å². The Bertz CT molecular complexity index is 1140. The standard InChI is InChI=1S/C26H23F3O4/c1-2-3-12-31-23-11-10-21(24(28)25(23)29)17-6-4-16(5-7-17)18-8-9-20(22(27)13-18)19-14-32-26(30)33-15-19/h2-11,13,19,26,30H,12,14-15H2,1H3/b3-2+. The van der Waals surface area contributed by atoms with Crippen LogP contribution in [0, 0.1) is 17.5 Å². The van der Waals surface area contributed by atoms with Gasteiger partial charge in [0.25, 0.3) is 6.48 Å². The van der Waals surface area contributed by atoms with E-state index in [1.165, 1.54) is 18.2 Å². The van der Waals surface area contributed by atoms with Gasteiger partial charge in [-0.1, -0.05) is 48.6 Å². The van der Waals surface area contributed by atoms with Crippen LogP contribution >= 0.6 is 0 Å². The summed E-state index contributed by atoms with van der Waals surface area (Å²) in [6, 6.07) is 14.5. The first-order chi connectivity index (χ1) is 16.0. The average molecular weight is 456 g/mol. The normalized spacial score (nSPS) is 18.6. The van der Waals surface area contributed by atoms with Gasteiger partial charge in [0.05, 0.1) is 13.2 Å². The lowest BCUT2D eigenvalue weighted by atomic mass is 9.95. The molecule has 1 saturated heterocycles. The van der Waals surface area contributed by atoms with Crippen LogP contribution in [-0.4, -0.2) is 31.4 Å². The van der Waals surface area contributed by atoms with E-state index in [2.05, 4.69) is 0 Å². The molecule has 1 heterocycles. The van der Waals surface area contributed by atoms with Crippen molar-refractivity contribution in [1.82, 2.24) is 0 Å². The first-order valence-electron chi connectivity index (χ1n) is 10.5. The van der Waals surface area contributed by atoms with Gasteiger partial charge < -0.3 is 19.3 Å². The van der Waals surface area contributed by atoms with E-state index in [4.69, 9.17) is 14.2 Å². The van der Waals surface area contributed by atoms with Crippen molar-refractivity contribution in [2.45, 2.75) is 19.3 Å². The van der Waals surface area contributed by atoms with Crippen molar-refractivity contribution in [1.29, 1.82) is 0 Å². The third kappa shape index (κ3) is 5.11. The highest BCUT2D eigenvalue weighted by atomic mass is 19.2. The summed E-state index contributed by atoms with van der Waals surface area (Å²) in [6.45, 7) is 1.00. The van der Waals surface area contributed by atoms with Crippen molar-refractivity contribution in [3.05, 3.63) is 89.8 Å². The second-order valence-corrected chi connectivity index (χ2v) is 7.60. The molecule has 0 bridgehead atoms. The number of hydrogen-bond acceptors (Lipinski definition) is 4. The number of benzene rings is 3. The van der Waals surface area contributed by atoms with Crippen LogP contribution in [-0.2, 0) is 9.47 Å². The lowest BCUT2D eigenvalue weighted by molar-refractivity contribution is -0.293. The van der Waals surface area contributed by atoms with Crippen molar-refractivity contribution in [2.75, 3.05) is 19.8 Å². The van der Waals surface area contributed by atoms with Gasteiger partial charge in [0.1, 0.15) is 12.4 Å². The van der Waals surface area contributed by atoms with E-state index in [-0.39, 0.29) is 37.1 Å². The minimum absolute atomic E-state index is 0.110. The van der Waals surface area contributed by atoms with Crippen molar-refractivity contribution < 1.29 is 32.5 Å². The number of aliphatic hydroxyl groups is 1. The Kier molecular flexibility index (Phi) is 7.13. The molecule has 1 aliphatic rings. The topological polar surface area (TPSA) is 47.9 Å². The molecular formula is C26H23F3O4. The van der Waals surface area contributed by atoms with Gasteiger partial charge in [-0.05, 0) is 47.4 Å². The van der Waals surface area contributed by atoms with E-state index in [0.717, 1.165) is 5.56 Å². The predicted octanol–water partition coefficient (Wildman–Crippen LogP) is 5.80. The van der Waals surface area contributed by atoms with E-state index >= 15 is 0 Å².